The SMILES string of the molecule is O=Cc1cc(Sc2ccccc2)ccc1O. The molecular weight excluding hydrogens is 220 g/mol. The Morgan fingerprint density at radius 2 is 1.75 bits per heavy atom. The Morgan fingerprint density at radius 3 is 2.44 bits per heavy atom. The van der Waals surface area contributed by atoms with Gasteiger partial charge in [0.15, 0.2) is 6.29 Å². The zero-order chi connectivity index (χ0) is 11.4. The third-order valence-electron chi connectivity index (χ3n) is 2.10. The van der Waals surface area contributed by atoms with Gasteiger partial charge in [0.2, 0.25) is 0 Å². The minimum atomic E-state index is 0.0208. The number of benzene rings is 2. The van der Waals surface area contributed by atoms with Crippen molar-refractivity contribution in [2.24, 2.45) is 0 Å². The van der Waals surface area contributed by atoms with Crippen LogP contribution in [-0.2, 0) is 0 Å². The van der Waals surface area contributed by atoms with Crippen molar-refractivity contribution >= 4 is 18.0 Å². The lowest BCUT2D eigenvalue weighted by molar-refractivity contribution is 0.112. The van der Waals surface area contributed by atoms with Gasteiger partial charge in [0, 0.05) is 9.79 Å². The molecule has 2 rings (SSSR count). The van der Waals surface area contributed by atoms with Gasteiger partial charge >= 0.3 is 0 Å². The van der Waals surface area contributed by atoms with Gasteiger partial charge in [-0.05, 0) is 30.3 Å². The van der Waals surface area contributed by atoms with Crippen LogP contribution in [0.4, 0.5) is 0 Å². The monoisotopic (exact) mass is 230 g/mol. The van der Waals surface area contributed by atoms with E-state index < -0.39 is 0 Å². The summed E-state index contributed by atoms with van der Waals surface area (Å²) in [7, 11) is 0. The molecule has 80 valence electrons. The van der Waals surface area contributed by atoms with E-state index in [9.17, 15) is 9.90 Å². The summed E-state index contributed by atoms with van der Waals surface area (Å²) in [5, 5.41) is 9.36. The van der Waals surface area contributed by atoms with Crippen LogP contribution in [0, 0.1) is 0 Å². The molecule has 0 radical (unpaired) electrons. The highest BCUT2D eigenvalue weighted by molar-refractivity contribution is 7.99. The minimum absolute atomic E-state index is 0.0208. The molecule has 2 nitrogen and oxygen atoms in total. The fraction of sp³-hybridized carbons (Fsp3) is 0. The van der Waals surface area contributed by atoms with Crippen molar-refractivity contribution in [1.29, 1.82) is 0 Å². The Balaban J connectivity index is 2.26. The van der Waals surface area contributed by atoms with E-state index in [4.69, 9.17) is 0 Å². The fourth-order valence-electron chi connectivity index (χ4n) is 1.32. The molecule has 2 aromatic carbocycles. The van der Waals surface area contributed by atoms with E-state index in [0.29, 0.717) is 11.8 Å². The van der Waals surface area contributed by atoms with Gasteiger partial charge in [0.25, 0.3) is 0 Å². The van der Waals surface area contributed by atoms with Crippen LogP contribution in [0.5, 0.6) is 5.75 Å². The number of phenols is 1. The van der Waals surface area contributed by atoms with Gasteiger partial charge in [0.1, 0.15) is 5.75 Å². The lowest BCUT2D eigenvalue weighted by atomic mass is 10.2. The Bertz CT molecular complexity index is 495. The second-order valence-corrected chi connectivity index (χ2v) is 4.40. The zero-order valence-electron chi connectivity index (χ0n) is 8.46. The van der Waals surface area contributed by atoms with E-state index in [0.717, 1.165) is 9.79 Å². The molecule has 0 atom stereocenters. The summed E-state index contributed by atoms with van der Waals surface area (Å²) in [6, 6.07) is 14.9. The number of carbonyl (C=O) groups excluding carboxylic acids is 1. The van der Waals surface area contributed by atoms with Crippen molar-refractivity contribution in [3.8, 4) is 5.75 Å². The summed E-state index contributed by atoms with van der Waals surface area (Å²) in [4.78, 5) is 12.7. The highest BCUT2D eigenvalue weighted by atomic mass is 32.2. The quantitative estimate of drug-likeness (QED) is 0.821. The van der Waals surface area contributed by atoms with Gasteiger partial charge in [-0.2, -0.15) is 0 Å². The number of hydrogen-bond acceptors (Lipinski definition) is 3. The van der Waals surface area contributed by atoms with Crippen LogP contribution in [0.1, 0.15) is 10.4 Å². The van der Waals surface area contributed by atoms with Crippen LogP contribution < -0.4 is 0 Å². The molecule has 3 heteroatoms. The normalized spacial score (nSPS) is 10.0. The molecule has 0 spiro atoms. The Hall–Kier alpha value is -1.74. The van der Waals surface area contributed by atoms with E-state index in [-0.39, 0.29) is 5.75 Å². The summed E-state index contributed by atoms with van der Waals surface area (Å²) < 4.78 is 0. The van der Waals surface area contributed by atoms with E-state index >= 15 is 0 Å². The standard InChI is InChI=1S/C13H10O2S/c14-9-10-8-12(6-7-13(10)15)16-11-4-2-1-3-5-11/h1-9,15H. The summed E-state index contributed by atoms with van der Waals surface area (Å²) in [6.07, 6.45) is 0.657. The third-order valence-corrected chi connectivity index (χ3v) is 3.10. The molecular formula is C13H10O2S. The van der Waals surface area contributed by atoms with E-state index in [1.807, 2.05) is 30.3 Å². The number of carbonyl (C=O) groups is 1. The topological polar surface area (TPSA) is 37.3 Å². The smallest absolute Gasteiger partial charge is 0.153 e. The van der Waals surface area contributed by atoms with Crippen LogP contribution in [0.15, 0.2) is 58.3 Å². The summed E-state index contributed by atoms with van der Waals surface area (Å²) >= 11 is 1.56. The number of hydrogen-bond donors (Lipinski definition) is 1. The zero-order valence-corrected chi connectivity index (χ0v) is 9.28. The highest BCUT2D eigenvalue weighted by Gasteiger charge is 2.02. The molecule has 0 amide bonds. The second-order valence-electron chi connectivity index (χ2n) is 3.25. The summed E-state index contributed by atoms with van der Waals surface area (Å²) in [5.41, 5.74) is 0.320. The number of rotatable bonds is 3. The average molecular weight is 230 g/mol. The molecule has 0 bridgehead atoms. The lowest BCUT2D eigenvalue weighted by Crippen LogP contribution is -1.82. The van der Waals surface area contributed by atoms with Crippen molar-refractivity contribution in [3.05, 3.63) is 54.1 Å². The predicted octanol–water partition coefficient (Wildman–Crippen LogP) is 3.36. The maximum atomic E-state index is 10.7. The van der Waals surface area contributed by atoms with E-state index in [1.54, 1.807) is 23.9 Å². The first-order valence-electron chi connectivity index (χ1n) is 4.80. The molecule has 0 saturated carbocycles. The molecule has 0 aromatic heterocycles. The minimum Gasteiger partial charge on any atom is -0.507 e. The van der Waals surface area contributed by atoms with Gasteiger partial charge in [-0.3, -0.25) is 4.79 Å². The van der Waals surface area contributed by atoms with Crippen LogP contribution in [0.3, 0.4) is 0 Å². The number of phenolic OH excluding ortho intramolecular Hbond substituents is 1. The first-order chi connectivity index (χ1) is 7.79. The van der Waals surface area contributed by atoms with Crippen molar-refractivity contribution < 1.29 is 9.90 Å². The van der Waals surface area contributed by atoms with E-state index in [2.05, 4.69) is 0 Å². The second kappa shape index (κ2) is 4.86. The molecule has 0 fully saturated rings. The molecule has 0 aliphatic carbocycles. The molecule has 1 N–H and O–H groups in total. The molecule has 0 saturated heterocycles. The van der Waals surface area contributed by atoms with Crippen molar-refractivity contribution in [2.75, 3.05) is 0 Å². The van der Waals surface area contributed by atoms with Gasteiger partial charge in [0.05, 0.1) is 5.56 Å². The predicted molar refractivity (Wildman–Crippen MR) is 64.1 cm³/mol. The largest absolute Gasteiger partial charge is 0.507 e. The Labute approximate surface area is 97.9 Å². The van der Waals surface area contributed by atoms with Gasteiger partial charge in [-0.25, -0.2) is 0 Å². The van der Waals surface area contributed by atoms with Crippen LogP contribution in [0.25, 0.3) is 0 Å². The van der Waals surface area contributed by atoms with Crippen molar-refractivity contribution in [2.45, 2.75) is 9.79 Å². The van der Waals surface area contributed by atoms with E-state index in [1.165, 1.54) is 6.07 Å². The van der Waals surface area contributed by atoms with Crippen LogP contribution in [0.2, 0.25) is 0 Å². The molecule has 2 aromatic rings. The number of aromatic hydroxyl groups is 1. The van der Waals surface area contributed by atoms with Crippen LogP contribution in [-0.4, -0.2) is 11.4 Å². The lowest BCUT2D eigenvalue weighted by Gasteiger charge is -2.03. The van der Waals surface area contributed by atoms with Gasteiger partial charge in [-0.15, -0.1) is 0 Å². The maximum absolute atomic E-state index is 10.7. The molecule has 0 aliphatic heterocycles. The summed E-state index contributed by atoms with van der Waals surface area (Å²) in [6.45, 7) is 0. The maximum Gasteiger partial charge on any atom is 0.153 e. The molecule has 0 heterocycles. The fourth-order valence-corrected chi connectivity index (χ4v) is 2.20. The molecule has 16 heavy (non-hydrogen) atoms. The third kappa shape index (κ3) is 2.44. The Kier molecular flexibility index (Phi) is 3.27. The average Bonchev–Trinajstić information content (AvgIpc) is 2.33. The summed E-state index contributed by atoms with van der Waals surface area (Å²) in [5.74, 6) is 0.0208. The van der Waals surface area contributed by atoms with Crippen LogP contribution >= 0.6 is 11.8 Å². The highest BCUT2D eigenvalue weighted by Crippen LogP contribution is 2.30. The van der Waals surface area contributed by atoms with Crippen molar-refractivity contribution in [1.82, 2.24) is 0 Å². The molecule has 0 aliphatic rings. The number of aldehydes is 1. The van der Waals surface area contributed by atoms with Crippen molar-refractivity contribution in [3.63, 3.8) is 0 Å². The van der Waals surface area contributed by atoms with Gasteiger partial charge in [-0.1, -0.05) is 30.0 Å². The molecule has 0 unspecified atom stereocenters. The first-order valence-corrected chi connectivity index (χ1v) is 5.62. The van der Waals surface area contributed by atoms with Gasteiger partial charge < -0.3 is 5.11 Å². The first kappa shape index (κ1) is 10.8. The Morgan fingerprint density at radius 1 is 1.00 bits per heavy atom.